The number of carbonyl (C=O) groups is 1. The summed E-state index contributed by atoms with van der Waals surface area (Å²) in [5.74, 6) is -0.00382. The summed E-state index contributed by atoms with van der Waals surface area (Å²) in [6, 6.07) is 16.0. The van der Waals surface area contributed by atoms with E-state index in [9.17, 15) is 4.79 Å². The van der Waals surface area contributed by atoms with E-state index in [-0.39, 0.29) is 5.91 Å². The molecule has 1 N–H and O–H groups in total. The molecule has 6 nitrogen and oxygen atoms in total. The molecule has 0 fully saturated rings. The van der Waals surface area contributed by atoms with Gasteiger partial charge in [-0.05, 0) is 41.3 Å². The van der Waals surface area contributed by atoms with Crippen LogP contribution in [0.3, 0.4) is 0 Å². The summed E-state index contributed by atoms with van der Waals surface area (Å²) in [6.45, 7) is 1.29. The molecule has 0 aliphatic rings. The summed E-state index contributed by atoms with van der Waals surface area (Å²) in [7, 11) is 0. The van der Waals surface area contributed by atoms with Crippen LogP contribution in [0.1, 0.15) is 12.0 Å². The highest BCUT2D eigenvalue weighted by atomic mass is 79.9. The van der Waals surface area contributed by atoms with Gasteiger partial charge in [-0.3, -0.25) is 4.79 Å². The van der Waals surface area contributed by atoms with Crippen molar-refractivity contribution in [2.24, 2.45) is 0 Å². The Balaban J connectivity index is 1.34. The van der Waals surface area contributed by atoms with E-state index in [4.69, 9.17) is 0 Å². The van der Waals surface area contributed by atoms with E-state index in [1.54, 1.807) is 11.0 Å². The van der Waals surface area contributed by atoms with Gasteiger partial charge in [0.1, 0.15) is 12.7 Å². The first kappa shape index (κ1) is 17.5. The number of benzene rings is 2. The lowest BCUT2D eigenvalue weighted by molar-refractivity contribution is -0.116. The van der Waals surface area contributed by atoms with Gasteiger partial charge in [-0.15, -0.1) is 0 Å². The lowest BCUT2D eigenvalue weighted by atomic mass is 10.2. The van der Waals surface area contributed by atoms with E-state index in [0.717, 1.165) is 21.2 Å². The molecule has 2 aromatic heterocycles. The van der Waals surface area contributed by atoms with E-state index in [1.807, 2.05) is 36.5 Å². The quantitative estimate of drug-likeness (QED) is 0.508. The number of halogens is 1. The van der Waals surface area contributed by atoms with Crippen molar-refractivity contribution < 1.29 is 4.79 Å². The van der Waals surface area contributed by atoms with Crippen LogP contribution in [0.4, 0.5) is 5.69 Å². The van der Waals surface area contributed by atoms with Crippen LogP contribution in [0.2, 0.25) is 0 Å². The average Bonchev–Trinajstić information content (AvgIpc) is 3.31. The number of anilines is 1. The largest absolute Gasteiger partial charge is 0.347 e. The number of aryl methyl sites for hydroxylation is 1. The number of carbonyl (C=O) groups excluding carboxylic acids is 1. The molecule has 0 bridgehead atoms. The van der Waals surface area contributed by atoms with E-state index in [0.29, 0.717) is 19.5 Å². The number of rotatable bonds is 6. The summed E-state index contributed by atoms with van der Waals surface area (Å²) in [5, 5.41) is 8.21. The van der Waals surface area contributed by atoms with Gasteiger partial charge in [0.25, 0.3) is 0 Å². The Morgan fingerprint density at radius 2 is 1.96 bits per heavy atom. The fourth-order valence-corrected chi connectivity index (χ4v) is 3.34. The second kappa shape index (κ2) is 7.75. The zero-order valence-electron chi connectivity index (χ0n) is 14.5. The van der Waals surface area contributed by atoms with Crippen molar-refractivity contribution in [1.29, 1.82) is 0 Å². The van der Waals surface area contributed by atoms with Crippen LogP contribution in [0.25, 0.3) is 10.9 Å². The van der Waals surface area contributed by atoms with Crippen molar-refractivity contribution >= 4 is 38.4 Å². The molecule has 27 heavy (non-hydrogen) atoms. The molecule has 0 aliphatic heterocycles. The Morgan fingerprint density at radius 3 is 2.74 bits per heavy atom. The second-order valence-corrected chi connectivity index (χ2v) is 7.22. The zero-order chi connectivity index (χ0) is 18.6. The smallest absolute Gasteiger partial charge is 0.226 e. The molecule has 0 spiro atoms. The first-order valence-electron chi connectivity index (χ1n) is 8.63. The van der Waals surface area contributed by atoms with Gasteiger partial charge in [0.05, 0.1) is 6.54 Å². The van der Waals surface area contributed by atoms with Crippen LogP contribution in [-0.2, 0) is 17.9 Å². The van der Waals surface area contributed by atoms with Gasteiger partial charge in [0.2, 0.25) is 5.91 Å². The molecule has 0 aliphatic carbocycles. The molecule has 0 saturated carbocycles. The van der Waals surface area contributed by atoms with Crippen molar-refractivity contribution in [3.05, 3.63) is 77.4 Å². The van der Waals surface area contributed by atoms with Crippen molar-refractivity contribution in [1.82, 2.24) is 19.3 Å². The number of aromatic nitrogens is 4. The van der Waals surface area contributed by atoms with Gasteiger partial charge in [0, 0.05) is 34.8 Å². The number of hydrogen-bond acceptors (Lipinski definition) is 3. The summed E-state index contributed by atoms with van der Waals surface area (Å²) >= 11 is 3.50. The van der Waals surface area contributed by atoms with Gasteiger partial charge < -0.3 is 9.88 Å². The predicted octanol–water partition coefficient (Wildman–Crippen LogP) is 4.07. The third kappa shape index (κ3) is 4.25. The molecule has 0 radical (unpaired) electrons. The Bertz CT molecular complexity index is 1050. The zero-order valence-corrected chi connectivity index (χ0v) is 16.1. The molecular formula is C20H18BrN5O. The molecule has 4 rings (SSSR count). The van der Waals surface area contributed by atoms with Gasteiger partial charge in [-0.1, -0.05) is 34.1 Å². The lowest BCUT2D eigenvalue weighted by Gasteiger charge is -2.08. The first-order chi connectivity index (χ1) is 13.2. The summed E-state index contributed by atoms with van der Waals surface area (Å²) in [4.78, 5) is 16.2. The van der Waals surface area contributed by atoms with E-state index >= 15 is 0 Å². The topological polar surface area (TPSA) is 64.7 Å². The fraction of sp³-hybridized carbons (Fsp3) is 0.150. The Labute approximate surface area is 165 Å². The molecule has 4 aromatic rings. The SMILES string of the molecule is O=C(CCn1ccc2ccc(Br)cc21)Nc1ccc(Cn2cncn2)cc1. The summed E-state index contributed by atoms with van der Waals surface area (Å²) < 4.78 is 4.89. The van der Waals surface area contributed by atoms with Crippen molar-refractivity contribution in [2.45, 2.75) is 19.5 Å². The van der Waals surface area contributed by atoms with E-state index < -0.39 is 0 Å². The molecule has 0 unspecified atom stereocenters. The first-order valence-corrected chi connectivity index (χ1v) is 9.42. The molecular weight excluding hydrogens is 406 g/mol. The van der Waals surface area contributed by atoms with Crippen molar-refractivity contribution in [3.8, 4) is 0 Å². The molecule has 136 valence electrons. The molecule has 0 saturated heterocycles. The van der Waals surface area contributed by atoms with Crippen LogP contribution >= 0.6 is 15.9 Å². The van der Waals surface area contributed by atoms with Crippen LogP contribution in [0, 0.1) is 0 Å². The Morgan fingerprint density at radius 1 is 1.11 bits per heavy atom. The Kier molecular flexibility index (Phi) is 5.02. The third-order valence-corrected chi connectivity index (χ3v) is 4.86. The van der Waals surface area contributed by atoms with Crippen molar-refractivity contribution in [2.75, 3.05) is 5.32 Å². The predicted molar refractivity (Wildman–Crippen MR) is 108 cm³/mol. The highest BCUT2D eigenvalue weighted by molar-refractivity contribution is 9.10. The lowest BCUT2D eigenvalue weighted by Crippen LogP contribution is -2.14. The maximum Gasteiger partial charge on any atom is 0.226 e. The molecule has 0 atom stereocenters. The third-order valence-electron chi connectivity index (χ3n) is 4.36. The minimum atomic E-state index is -0.00382. The average molecular weight is 424 g/mol. The normalized spacial score (nSPS) is 11.0. The van der Waals surface area contributed by atoms with Crippen molar-refractivity contribution in [3.63, 3.8) is 0 Å². The van der Waals surface area contributed by atoms with Crippen LogP contribution in [0.5, 0.6) is 0 Å². The molecule has 2 aromatic carbocycles. The number of nitrogens with one attached hydrogen (secondary N) is 1. The molecule has 1 amide bonds. The number of nitrogens with zero attached hydrogens (tertiary/aromatic N) is 4. The number of amides is 1. The van der Waals surface area contributed by atoms with Gasteiger partial charge in [-0.2, -0.15) is 5.10 Å². The highest BCUT2D eigenvalue weighted by Gasteiger charge is 2.06. The highest BCUT2D eigenvalue weighted by Crippen LogP contribution is 2.21. The summed E-state index contributed by atoms with van der Waals surface area (Å²) in [6.07, 6.45) is 5.63. The minimum Gasteiger partial charge on any atom is -0.347 e. The minimum absolute atomic E-state index is 0.00382. The number of fused-ring (bicyclic) bond motifs is 1. The maximum atomic E-state index is 12.3. The fourth-order valence-electron chi connectivity index (χ4n) is 2.99. The van der Waals surface area contributed by atoms with E-state index in [1.165, 1.54) is 11.7 Å². The van der Waals surface area contributed by atoms with Crippen LogP contribution in [-0.4, -0.2) is 25.2 Å². The van der Waals surface area contributed by atoms with Gasteiger partial charge >= 0.3 is 0 Å². The summed E-state index contributed by atoms with van der Waals surface area (Å²) in [5.41, 5.74) is 3.01. The number of hydrogen-bond donors (Lipinski definition) is 1. The van der Waals surface area contributed by atoms with Crippen LogP contribution < -0.4 is 5.32 Å². The molecule has 2 heterocycles. The molecule has 7 heteroatoms. The monoisotopic (exact) mass is 423 g/mol. The maximum absolute atomic E-state index is 12.3. The Hall–Kier alpha value is -2.93. The van der Waals surface area contributed by atoms with E-state index in [2.05, 4.69) is 54.1 Å². The second-order valence-electron chi connectivity index (χ2n) is 6.30. The van der Waals surface area contributed by atoms with Gasteiger partial charge in [0.15, 0.2) is 0 Å². The van der Waals surface area contributed by atoms with Crippen LogP contribution in [0.15, 0.2) is 71.9 Å². The standard InChI is InChI=1S/C20H18BrN5O/c21-17-4-3-16-7-9-25(19(16)11-17)10-8-20(27)24-18-5-1-15(2-6-18)12-26-14-22-13-23-26/h1-7,9,11,13-14H,8,10,12H2,(H,24,27). The van der Waals surface area contributed by atoms with Gasteiger partial charge in [-0.25, -0.2) is 9.67 Å².